The lowest BCUT2D eigenvalue weighted by Gasteiger charge is -2.16. The minimum Gasteiger partial charge on any atom is -0.465 e. The van der Waals surface area contributed by atoms with Gasteiger partial charge in [-0.25, -0.2) is 0 Å². The van der Waals surface area contributed by atoms with E-state index < -0.39 is 0 Å². The molecule has 28 heavy (non-hydrogen) atoms. The Balaban J connectivity index is 2.11. The molecule has 0 aliphatic heterocycles. The summed E-state index contributed by atoms with van der Waals surface area (Å²) in [5, 5.41) is 5.69. The van der Waals surface area contributed by atoms with Crippen molar-refractivity contribution in [2.75, 3.05) is 6.54 Å². The average molecular weight is 383 g/mol. The monoisotopic (exact) mass is 382 g/mol. The smallest absolute Gasteiger partial charge is 0.267 e. The number of rotatable bonds is 10. The van der Waals surface area contributed by atoms with Crippen molar-refractivity contribution in [1.29, 1.82) is 0 Å². The third kappa shape index (κ3) is 6.72. The fraction of sp³-hybridized carbons (Fsp3) is 0.391. The van der Waals surface area contributed by atoms with Crippen LogP contribution in [0.15, 0.2) is 52.8 Å². The maximum absolute atomic E-state index is 12.8. The lowest BCUT2D eigenvalue weighted by Crippen LogP contribution is -2.37. The van der Waals surface area contributed by atoms with Gasteiger partial charge in [0.1, 0.15) is 11.5 Å². The summed E-state index contributed by atoms with van der Waals surface area (Å²) in [6.45, 7) is 6.80. The molecule has 1 aromatic heterocycles. The number of amides is 2. The van der Waals surface area contributed by atoms with Crippen LogP contribution in [0, 0.1) is 12.8 Å². The van der Waals surface area contributed by atoms with Crippen LogP contribution in [-0.4, -0.2) is 18.4 Å². The normalized spacial score (nSPS) is 12.5. The number of unbranched alkanes of at least 4 members (excludes halogenated alkanes) is 1. The first-order valence-electron chi connectivity index (χ1n) is 9.94. The highest BCUT2D eigenvalue weighted by Gasteiger charge is 2.16. The molecule has 0 unspecified atom stereocenters. The molecule has 2 amide bonds. The minimum absolute atomic E-state index is 0.173. The maximum atomic E-state index is 12.8. The number of aryl methyl sites for hydroxylation is 1. The molecule has 1 aromatic carbocycles. The van der Waals surface area contributed by atoms with Gasteiger partial charge in [-0.1, -0.05) is 50.8 Å². The molecule has 0 aliphatic rings. The van der Waals surface area contributed by atoms with Crippen molar-refractivity contribution in [3.8, 4) is 0 Å². The second-order valence-corrected chi connectivity index (χ2v) is 7.02. The summed E-state index contributed by atoms with van der Waals surface area (Å²) in [5.41, 5.74) is 1.66. The van der Waals surface area contributed by atoms with E-state index in [2.05, 4.69) is 24.5 Å². The summed E-state index contributed by atoms with van der Waals surface area (Å²) in [7, 11) is 0. The van der Waals surface area contributed by atoms with Crippen LogP contribution in [0.1, 0.15) is 61.2 Å². The predicted molar refractivity (Wildman–Crippen MR) is 112 cm³/mol. The van der Waals surface area contributed by atoms with Crippen LogP contribution in [0.4, 0.5) is 0 Å². The fourth-order valence-electron chi connectivity index (χ4n) is 2.93. The van der Waals surface area contributed by atoms with Crippen molar-refractivity contribution in [2.45, 2.75) is 46.5 Å². The van der Waals surface area contributed by atoms with Gasteiger partial charge < -0.3 is 15.1 Å². The molecule has 0 saturated heterocycles. The van der Waals surface area contributed by atoms with Gasteiger partial charge in [-0.15, -0.1) is 0 Å². The van der Waals surface area contributed by atoms with Gasteiger partial charge in [-0.3, -0.25) is 9.59 Å². The van der Waals surface area contributed by atoms with Crippen molar-refractivity contribution >= 4 is 17.9 Å². The molecule has 5 heteroatoms. The first-order chi connectivity index (χ1) is 13.5. The third-order valence-electron chi connectivity index (χ3n) is 4.70. The Bertz CT molecular complexity index is 794. The molecule has 2 N–H and O–H groups in total. The first kappa shape index (κ1) is 21.5. The van der Waals surface area contributed by atoms with Crippen LogP contribution in [0.5, 0.6) is 0 Å². The van der Waals surface area contributed by atoms with Crippen LogP contribution >= 0.6 is 0 Å². The molecular formula is C23H30N2O3. The van der Waals surface area contributed by atoms with E-state index in [-0.39, 0.29) is 17.5 Å². The van der Waals surface area contributed by atoms with Crippen LogP contribution in [0.3, 0.4) is 0 Å². The van der Waals surface area contributed by atoms with Gasteiger partial charge in [0.15, 0.2) is 0 Å². The fourth-order valence-corrected chi connectivity index (χ4v) is 2.93. The van der Waals surface area contributed by atoms with Gasteiger partial charge in [0, 0.05) is 18.2 Å². The van der Waals surface area contributed by atoms with Crippen LogP contribution in [0.2, 0.25) is 0 Å². The molecule has 2 rings (SSSR count). The highest BCUT2D eigenvalue weighted by atomic mass is 16.3. The van der Waals surface area contributed by atoms with Gasteiger partial charge in [0.2, 0.25) is 0 Å². The Morgan fingerprint density at radius 1 is 1.18 bits per heavy atom. The van der Waals surface area contributed by atoms with E-state index in [4.69, 9.17) is 4.42 Å². The predicted octanol–water partition coefficient (Wildman–Crippen LogP) is 4.69. The highest BCUT2D eigenvalue weighted by Crippen LogP contribution is 2.12. The largest absolute Gasteiger partial charge is 0.465 e. The van der Waals surface area contributed by atoms with E-state index in [1.807, 2.05) is 19.1 Å². The van der Waals surface area contributed by atoms with E-state index >= 15 is 0 Å². The van der Waals surface area contributed by atoms with Crippen LogP contribution < -0.4 is 10.6 Å². The molecule has 1 heterocycles. The number of benzene rings is 1. The Labute approximate surface area is 167 Å². The van der Waals surface area contributed by atoms with Crippen molar-refractivity contribution in [3.05, 3.63) is 65.2 Å². The summed E-state index contributed by atoms with van der Waals surface area (Å²) in [6, 6.07) is 10.7. The van der Waals surface area contributed by atoms with E-state index in [1.54, 1.807) is 30.3 Å². The van der Waals surface area contributed by atoms with Crippen LogP contribution in [0.25, 0.3) is 6.08 Å². The summed E-state index contributed by atoms with van der Waals surface area (Å²) >= 11 is 0. The number of carbonyl (C=O) groups is 2. The lowest BCUT2D eigenvalue weighted by atomic mass is 9.99. The zero-order valence-corrected chi connectivity index (χ0v) is 17.0. The summed E-state index contributed by atoms with van der Waals surface area (Å²) in [5.74, 6) is 0.302. The van der Waals surface area contributed by atoms with Crippen molar-refractivity contribution in [2.24, 2.45) is 5.92 Å². The molecule has 5 nitrogen and oxygen atoms in total. The number of carbonyl (C=O) groups excluding carboxylic acids is 2. The van der Waals surface area contributed by atoms with E-state index in [0.717, 1.165) is 31.2 Å². The van der Waals surface area contributed by atoms with E-state index in [9.17, 15) is 9.59 Å². The van der Waals surface area contributed by atoms with Gasteiger partial charge in [-0.2, -0.15) is 0 Å². The molecule has 150 valence electrons. The van der Waals surface area contributed by atoms with Gasteiger partial charge in [-0.05, 0) is 43.5 Å². The standard InChI is InChI=1S/C23H30N2O3/c1-4-6-10-18(5-2)16-24-23(27)21(15-20-12-8-13-28-20)25-22(26)19-11-7-9-17(3)14-19/h7-9,11-15,18H,4-6,10,16H2,1-3H3,(H,24,27)(H,25,26)/b21-15-/t18-/m1/s1. The Morgan fingerprint density at radius 2 is 2.00 bits per heavy atom. The number of hydrogen-bond donors (Lipinski definition) is 2. The molecule has 2 aromatic rings. The zero-order chi connectivity index (χ0) is 20.4. The molecule has 1 atom stereocenters. The third-order valence-corrected chi connectivity index (χ3v) is 4.70. The zero-order valence-electron chi connectivity index (χ0n) is 17.0. The molecule has 0 bridgehead atoms. The van der Waals surface area contributed by atoms with Gasteiger partial charge in [0.25, 0.3) is 11.8 Å². The van der Waals surface area contributed by atoms with Crippen molar-refractivity contribution in [1.82, 2.24) is 10.6 Å². The Kier molecular flexibility index (Phi) is 8.53. The maximum Gasteiger partial charge on any atom is 0.267 e. The molecule has 0 fully saturated rings. The van der Waals surface area contributed by atoms with E-state index in [1.165, 1.54) is 6.26 Å². The van der Waals surface area contributed by atoms with Gasteiger partial charge >= 0.3 is 0 Å². The van der Waals surface area contributed by atoms with E-state index in [0.29, 0.717) is 23.8 Å². The summed E-state index contributed by atoms with van der Waals surface area (Å²) < 4.78 is 5.31. The Hall–Kier alpha value is -2.82. The second-order valence-electron chi connectivity index (χ2n) is 7.02. The highest BCUT2D eigenvalue weighted by molar-refractivity contribution is 6.05. The van der Waals surface area contributed by atoms with Crippen LogP contribution in [-0.2, 0) is 4.79 Å². The number of hydrogen-bond acceptors (Lipinski definition) is 3. The summed E-state index contributed by atoms with van der Waals surface area (Å²) in [4.78, 5) is 25.4. The molecule has 0 radical (unpaired) electrons. The first-order valence-corrected chi connectivity index (χ1v) is 9.94. The molecular weight excluding hydrogens is 352 g/mol. The Morgan fingerprint density at radius 3 is 2.64 bits per heavy atom. The molecule has 0 aliphatic carbocycles. The average Bonchev–Trinajstić information content (AvgIpc) is 3.20. The topological polar surface area (TPSA) is 71.3 Å². The lowest BCUT2D eigenvalue weighted by molar-refractivity contribution is -0.117. The van der Waals surface area contributed by atoms with Crippen molar-refractivity contribution in [3.63, 3.8) is 0 Å². The molecule has 0 spiro atoms. The number of furan rings is 1. The number of nitrogens with one attached hydrogen (secondary N) is 2. The quantitative estimate of drug-likeness (QED) is 0.586. The molecule has 0 saturated carbocycles. The minimum atomic E-state index is -0.324. The SMILES string of the molecule is CCCC[C@@H](CC)CNC(=O)/C(=C/c1ccco1)NC(=O)c1cccc(C)c1. The summed E-state index contributed by atoms with van der Waals surface area (Å²) in [6.07, 6.45) is 7.46. The second kappa shape index (κ2) is 11.1. The van der Waals surface area contributed by atoms with Crippen molar-refractivity contribution < 1.29 is 14.0 Å². The van der Waals surface area contributed by atoms with Gasteiger partial charge in [0.05, 0.1) is 6.26 Å².